The number of hydrogen-bond acceptors (Lipinski definition) is 3. The van der Waals surface area contributed by atoms with Crippen molar-refractivity contribution in [2.45, 2.75) is 77.5 Å². The molecule has 0 saturated heterocycles. The van der Waals surface area contributed by atoms with Crippen molar-refractivity contribution in [3.05, 3.63) is 0 Å². The summed E-state index contributed by atoms with van der Waals surface area (Å²) in [5, 5.41) is 3.01. The zero-order valence-corrected chi connectivity index (χ0v) is 12.7. The zero-order chi connectivity index (χ0) is 14.3. The van der Waals surface area contributed by atoms with E-state index in [0.29, 0.717) is 12.5 Å². The van der Waals surface area contributed by atoms with Gasteiger partial charge in [-0.1, -0.05) is 26.2 Å². The first-order valence-corrected chi connectivity index (χ1v) is 7.74. The number of nitrogens with two attached hydrogens (primary N) is 1. The molecule has 0 aromatic carbocycles. The van der Waals surface area contributed by atoms with Crippen LogP contribution in [-0.4, -0.2) is 30.7 Å². The molecule has 4 heteroatoms. The van der Waals surface area contributed by atoms with E-state index >= 15 is 0 Å². The second kappa shape index (κ2) is 8.54. The predicted octanol–water partition coefficient (Wildman–Crippen LogP) is 2.21. The lowest BCUT2D eigenvalue weighted by Crippen LogP contribution is -2.43. The Labute approximate surface area is 117 Å². The minimum atomic E-state index is -0.378. The van der Waals surface area contributed by atoms with E-state index in [1.807, 2.05) is 13.8 Å². The molecule has 0 aromatic heterocycles. The third kappa shape index (κ3) is 5.49. The van der Waals surface area contributed by atoms with Gasteiger partial charge in [-0.3, -0.25) is 4.79 Å². The first kappa shape index (κ1) is 16.4. The molecule has 0 aliphatic heterocycles. The summed E-state index contributed by atoms with van der Waals surface area (Å²) in [5.41, 5.74) is 5.79. The van der Waals surface area contributed by atoms with Gasteiger partial charge in [0.2, 0.25) is 5.91 Å². The normalized spacial score (nSPS) is 26.7. The van der Waals surface area contributed by atoms with Gasteiger partial charge in [0, 0.05) is 6.04 Å². The molecule has 4 unspecified atom stereocenters. The van der Waals surface area contributed by atoms with Crippen LogP contribution < -0.4 is 11.1 Å². The van der Waals surface area contributed by atoms with Gasteiger partial charge in [-0.2, -0.15) is 0 Å². The highest BCUT2D eigenvalue weighted by atomic mass is 16.5. The monoisotopic (exact) mass is 270 g/mol. The maximum atomic E-state index is 12.0. The fourth-order valence-electron chi connectivity index (χ4n) is 2.81. The van der Waals surface area contributed by atoms with Crippen LogP contribution in [0.2, 0.25) is 0 Å². The largest absolute Gasteiger partial charge is 0.365 e. The van der Waals surface area contributed by atoms with E-state index < -0.39 is 0 Å². The lowest BCUT2D eigenvalue weighted by Gasteiger charge is -2.32. The second-order valence-corrected chi connectivity index (χ2v) is 5.80. The number of ether oxygens (including phenoxy) is 1. The Hall–Kier alpha value is -0.610. The molecule has 1 aliphatic rings. The molecule has 19 heavy (non-hydrogen) atoms. The van der Waals surface area contributed by atoms with Gasteiger partial charge >= 0.3 is 0 Å². The lowest BCUT2D eigenvalue weighted by atomic mass is 9.86. The van der Waals surface area contributed by atoms with E-state index in [1.54, 1.807) is 0 Å². The van der Waals surface area contributed by atoms with E-state index in [4.69, 9.17) is 10.5 Å². The lowest BCUT2D eigenvalue weighted by molar-refractivity contribution is -0.139. The molecule has 0 heterocycles. The predicted molar refractivity (Wildman–Crippen MR) is 77.9 cm³/mol. The Morgan fingerprint density at radius 3 is 2.68 bits per heavy atom. The van der Waals surface area contributed by atoms with Crippen LogP contribution in [-0.2, 0) is 9.53 Å². The third-order valence-corrected chi connectivity index (χ3v) is 4.00. The van der Waals surface area contributed by atoms with Gasteiger partial charge in [-0.05, 0) is 45.6 Å². The van der Waals surface area contributed by atoms with Gasteiger partial charge in [0.15, 0.2) is 0 Å². The third-order valence-electron chi connectivity index (χ3n) is 4.00. The molecule has 1 rings (SSSR count). The zero-order valence-electron chi connectivity index (χ0n) is 12.7. The maximum Gasteiger partial charge on any atom is 0.249 e. The summed E-state index contributed by atoms with van der Waals surface area (Å²) in [7, 11) is 0. The van der Waals surface area contributed by atoms with Crippen molar-refractivity contribution in [3.63, 3.8) is 0 Å². The molecule has 3 N–H and O–H groups in total. The van der Waals surface area contributed by atoms with Gasteiger partial charge in [0.25, 0.3) is 0 Å². The second-order valence-electron chi connectivity index (χ2n) is 5.80. The standard InChI is InChI=1S/C15H30N2O2/c1-4-7-11(2)17-15(18)12(3)19-14-9-6-5-8-13(14)10-16/h11-14H,4-10,16H2,1-3H3,(H,17,18). The summed E-state index contributed by atoms with van der Waals surface area (Å²) in [4.78, 5) is 12.0. The van der Waals surface area contributed by atoms with Crippen LogP contribution in [0.25, 0.3) is 0 Å². The summed E-state index contributed by atoms with van der Waals surface area (Å²) < 4.78 is 5.94. The van der Waals surface area contributed by atoms with Crippen molar-refractivity contribution in [1.82, 2.24) is 5.32 Å². The molecular formula is C15H30N2O2. The molecular weight excluding hydrogens is 240 g/mol. The highest BCUT2D eigenvalue weighted by molar-refractivity contribution is 5.80. The molecule has 1 amide bonds. The molecule has 0 radical (unpaired) electrons. The van der Waals surface area contributed by atoms with Crippen molar-refractivity contribution >= 4 is 5.91 Å². The molecule has 1 aliphatic carbocycles. The average Bonchev–Trinajstić information content (AvgIpc) is 2.39. The van der Waals surface area contributed by atoms with E-state index in [9.17, 15) is 4.79 Å². The van der Waals surface area contributed by atoms with Crippen LogP contribution in [0.3, 0.4) is 0 Å². The van der Waals surface area contributed by atoms with Crippen LogP contribution in [0.4, 0.5) is 0 Å². The molecule has 0 aromatic rings. The molecule has 1 saturated carbocycles. The van der Waals surface area contributed by atoms with Gasteiger partial charge in [0.1, 0.15) is 6.10 Å². The molecule has 112 valence electrons. The summed E-state index contributed by atoms with van der Waals surface area (Å²) in [6.45, 7) is 6.66. The molecule has 4 nitrogen and oxygen atoms in total. The number of hydrogen-bond donors (Lipinski definition) is 2. The maximum absolute atomic E-state index is 12.0. The Kier molecular flexibility index (Phi) is 7.39. The van der Waals surface area contributed by atoms with Crippen molar-refractivity contribution in [2.24, 2.45) is 11.7 Å². The van der Waals surface area contributed by atoms with Crippen molar-refractivity contribution in [2.75, 3.05) is 6.54 Å². The Morgan fingerprint density at radius 1 is 1.37 bits per heavy atom. The van der Waals surface area contributed by atoms with Crippen molar-refractivity contribution in [1.29, 1.82) is 0 Å². The minimum absolute atomic E-state index is 0.00212. The quantitative estimate of drug-likeness (QED) is 0.745. The van der Waals surface area contributed by atoms with E-state index in [2.05, 4.69) is 12.2 Å². The fraction of sp³-hybridized carbons (Fsp3) is 0.933. The number of rotatable bonds is 7. The highest BCUT2D eigenvalue weighted by Crippen LogP contribution is 2.27. The van der Waals surface area contributed by atoms with Crippen LogP contribution in [0.1, 0.15) is 59.3 Å². The summed E-state index contributed by atoms with van der Waals surface area (Å²) in [6, 6.07) is 0.222. The number of carbonyl (C=O) groups excluding carboxylic acids is 1. The summed E-state index contributed by atoms with van der Waals surface area (Å²) >= 11 is 0. The van der Waals surface area contributed by atoms with Gasteiger partial charge in [-0.15, -0.1) is 0 Å². The van der Waals surface area contributed by atoms with E-state index in [-0.39, 0.29) is 24.2 Å². The number of amides is 1. The van der Waals surface area contributed by atoms with Crippen LogP contribution in [0, 0.1) is 5.92 Å². The first-order chi connectivity index (χ1) is 9.08. The fourth-order valence-corrected chi connectivity index (χ4v) is 2.81. The molecule has 0 bridgehead atoms. The molecule has 4 atom stereocenters. The Balaban J connectivity index is 2.39. The topological polar surface area (TPSA) is 64.3 Å². The first-order valence-electron chi connectivity index (χ1n) is 7.74. The summed E-state index contributed by atoms with van der Waals surface area (Å²) in [6.07, 6.45) is 6.43. The van der Waals surface area contributed by atoms with Crippen LogP contribution in [0.15, 0.2) is 0 Å². The van der Waals surface area contributed by atoms with Gasteiger partial charge in [-0.25, -0.2) is 0 Å². The average molecular weight is 270 g/mol. The van der Waals surface area contributed by atoms with E-state index in [0.717, 1.165) is 25.7 Å². The Morgan fingerprint density at radius 2 is 2.05 bits per heavy atom. The van der Waals surface area contributed by atoms with Gasteiger partial charge < -0.3 is 15.8 Å². The number of nitrogens with one attached hydrogen (secondary N) is 1. The summed E-state index contributed by atoms with van der Waals surface area (Å²) in [5.74, 6) is 0.416. The van der Waals surface area contributed by atoms with Gasteiger partial charge in [0.05, 0.1) is 6.10 Å². The minimum Gasteiger partial charge on any atom is -0.365 e. The number of carbonyl (C=O) groups is 1. The molecule has 1 fully saturated rings. The highest BCUT2D eigenvalue weighted by Gasteiger charge is 2.28. The van der Waals surface area contributed by atoms with Crippen molar-refractivity contribution < 1.29 is 9.53 Å². The SMILES string of the molecule is CCCC(C)NC(=O)C(C)OC1CCCCC1CN. The van der Waals surface area contributed by atoms with Crippen LogP contribution in [0.5, 0.6) is 0 Å². The smallest absolute Gasteiger partial charge is 0.249 e. The Bertz CT molecular complexity index is 271. The van der Waals surface area contributed by atoms with Crippen LogP contribution >= 0.6 is 0 Å². The molecule has 0 spiro atoms. The van der Waals surface area contributed by atoms with E-state index in [1.165, 1.54) is 12.8 Å². The van der Waals surface area contributed by atoms with Crippen molar-refractivity contribution in [3.8, 4) is 0 Å².